The molecule has 0 aliphatic rings. The summed E-state index contributed by atoms with van der Waals surface area (Å²) in [5.74, 6) is -1.05. The van der Waals surface area contributed by atoms with E-state index < -0.39 is 11.6 Å². The van der Waals surface area contributed by atoms with Gasteiger partial charge in [0.05, 0.1) is 18.7 Å². The van der Waals surface area contributed by atoms with Crippen LogP contribution in [0.5, 0.6) is 5.88 Å². The van der Waals surface area contributed by atoms with Crippen molar-refractivity contribution >= 4 is 37.9 Å². The molecule has 8 heteroatoms. The average molecular weight is 446 g/mol. The van der Waals surface area contributed by atoms with E-state index in [9.17, 15) is 13.6 Å². The second kappa shape index (κ2) is 7.27. The molecule has 0 amide bonds. The summed E-state index contributed by atoms with van der Waals surface area (Å²) in [5, 5.41) is 1.26. The van der Waals surface area contributed by atoms with Crippen LogP contribution in [0, 0.1) is 11.6 Å². The highest BCUT2D eigenvalue weighted by molar-refractivity contribution is 9.10. The van der Waals surface area contributed by atoms with E-state index in [0.717, 1.165) is 0 Å². The van der Waals surface area contributed by atoms with Crippen molar-refractivity contribution in [2.75, 3.05) is 6.61 Å². The van der Waals surface area contributed by atoms with Gasteiger partial charge in [-0.05, 0) is 31.2 Å². The number of ether oxygens (including phenoxy) is 1. The smallest absolute Gasteiger partial charge is 0.251 e. The van der Waals surface area contributed by atoms with Crippen LogP contribution in [0.4, 0.5) is 8.78 Å². The van der Waals surface area contributed by atoms with Gasteiger partial charge in [0.1, 0.15) is 11.6 Å². The Morgan fingerprint density at radius 1 is 1.14 bits per heavy atom. The summed E-state index contributed by atoms with van der Waals surface area (Å²) in [7, 11) is 0. The van der Waals surface area contributed by atoms with Crippen LogP contribution in [0.3, 0.4) is 0 Å². The van der Waals surface area contributed by atoms with Crippen molar-refractivity contribution in [3.8, 4) is 5.88 Å². The number of halogens is 3. The minimum absolute atomic E-state index is 0.193. The molecule has 0 aliphatic carbocycles. The van der Waals surface area contributed by atoms with E-state index in [2.05, 4.69) is 25.9 Å². The van der Waals surface area contributed by atoms with Crippen molar-refractivity contribution in [3.05, 3.63) is 74.6 Å². The number of aromatic nitrogens is 3. The molecule has 142 valence electrons. The molecule has 1 aromatic carbocycles. The third-order valence-electron chi connectivity index (χ3n) is 4.36. The van der Waals surface area contributed by atoms with Gasteiger partial charge in [-0.25, -0.2) is 13.8 Å². The SMILES string of the molecule is CCOc1ccc2c(ncc3ccc(=O)n(Cc4c(F)cc(Br)cc4F)c32)n1. The van der Waals surface area contributed by atoms with Crippen LogP contribution in [0.1, 0.15) is 12.5 Å². The van der Waals surface area contributed by atoms with Crippen LogP contribution in [0.25, 0.3) is 21.9 Å². The second-order valence-electron chi connectivity index (χ2n) is 6.12. The van der Waals surface area contributed by atoms with Gasteiger partial charge in [0, 0.05) is 39.1 Å². The first-order valence-electron chi connectivity index (χ1n) is 8.53. The van der Waals surface area contributed by atoms with E-state index >= 15 is 0 Å². The molecule has 0 radical (unpaired) electrons. The highest BCUT2D eigenvalue weighted by atomic mass is 79.9. The maximum absolute atomic E-state index is 14.4. The van der Waals surface area contributed by atoms with Gasteiger partial charge in [-0.1, -0.05) is 15.9 Å². The molecular weight excluding hydrogens is 432 g/mol. The lowest BCUT2D eigenvalue weighted by molar-refractivity contribution is 0.328. The van der Waals surface area contributed by atoms with Gasteiger partial charge in [-0.2, -0.15) is 4.98 Å². The van der Waals surface area contributed by atoms with Gasteiger partial charge in [-0.3, -0.25) is 4.79 Å². The number of hydrogen-bond donors (Lipinski definition) is 0. The predicted octanol–water partition coefficient (Wildman–Crippen LogP) is 4.43. The minimum Gasteiger partial charge on any atom is -0.478 e. The van der Waals surface area contributed by atoms with E-state index in [1.165, 1.54) is 22.8 Å². The van der Waals surface area contributed by atoms with E-state index in [1.807, 2.05) is 6.92 Å². The molecule has 0 saturated heterocycles. The lowest BCUT2D eigenvalue weighted by atomic mass is 10.1. The fourth-order valence-electron chi connectivity index (χ4n) is 3.11. The third-order valence-corrected chi connectivity index (χ3v) is 4.82. The van der Waals surface area contributed by atoms with Gasteiger partial charge < -0.3 is 9.30 Å². The zero-order chi connectivity index (χ0) is 19.8. The topological polar surface area (TPSA) is 57.0 Å². The highest BCUT2D eigenvalue weighted by Crippen LogP contribution is 2.26. The Kier molecular flexibility index (Phi) is 4.80. The number of pyridine rings is 3. The zero-order valence-electron chi connectivity index (χ0n) is 14.7. The van der Waals surface area contributed by atoms with Crippen molar-refractivity contribution in [2.24, 2.45) is 0 Å². The average Bonchev–Trinajstić information content (AvgIpc) is 2.65. The fourth-order valence-corrected chi connectivity index (χ4v) is 3.51. The molecule has 0 N–H and O–H groups in total. The summed E-state index contributed by atoms with van der Waals surface area (Å²) >= 11 is 3.06. The summed E-state index contributed by atoms with van der Waals surface area (Å²) in [6.45, 7) is 2.05. The maximum atomic E-state index is 14.4. The second-order valence-corrected chi connectivity index (χ2v) is 7.04. The van der Waals surface area contributed by atoms with Gasteiger partial charge in [0.2, 0.25) is 5.88 Å². The quantitative estimate of drug-likeness (QED) is 0.436. The number of rotatable bonds is 4. The summed E-state index contributed by atoms with van der Waals surface area (Å²) in [6.07, 6.45) is 1.57. The molecule has 28 heavy (non-hydrogen) atoms. The van der Waals surface area contributed by atoms with Crippen LogP contribution in [0.2, 0.25) is 0 Å². The predicted molar refractivity (Wildman–Crippen MR) is 106 cm³/mol. The summed E-state index contributed by atoms with van der Waals surface area (Å²) in [6, 6.07) is 8.74. The van der Waals surface area contributed by atoms with Crippen molar-refractivity contribution in [3.63, 3.8) is 0 Å². The first-order chi connectivity index (χ1) is 13.5. The Bertz CT molecular complexity index is 1250. The Morgan fingerprint density at radius 3 is 2.61 bits per heavy atom. The van der Waals surface area contributed by atoms with Crippen molar-refractivity contribution in [1.82, 2.24) is 14.5 Å². The molecule has 0 saturated carbocycles. The molecule has 0 unspecified atom stereocenters. The highest BCUT2D eigenvalue weighted by Gasteiger charge is 2.16. The first kappa shape index (κ1) is 18.5. The molecule has 0 aliphatic heterocycles. The number of nitrogens with zero attached hydrogens (tertiary/aromatic N) is 3. The van der Waals surface area contributed by atoms with Crippen molar-refractivity contribution in [1.29, 1.82) is 0 Å². The number of hydrogen-bond acceptors (Lipinski definition) is 4. The molecule has 0 fully saturated rings. The van der Waals surface area contributed by atoms with Gasteiger partial charge in [0.15, 0.2) is 5.65 Å². The zero-order valence-corrected chi connectivity index (χ0v) is 16.3. The van der Waals surface area contributed by atoms with Gasteiger partial charge >= 0.3 is 0 Å². The van der Waals surface area contributed by atoms with E-state index in [0.29, 0.717) is 38.9 Å². The van der Waals surface area contributed by atoms with Crippen molar-refractivity contribution < 1.29 is 13.5 Å². The molecule has 3 aromatic heterocycles. The third kappa shape index (κ3) is 3.24. The molecule has 0 atom stereocenters. The van der Waals surface area contributed by atoms with Gasteiger partial charge in [0.25, 0.3) is 5.56 Å². The minimum atomic E-state index is -0.731. The molecular formula is C20H14BrF2N3O2. The largest absolute Gasteiger partial charge is 0.478 e. The maximum Gasteiger partial charge on any atom is 0.251 e. The van der Waals surface area contributed by atoms with Crippen LogP contribution in [-0.4, -0.2) is 21.1 Å². The van der Waals surface area contributed by atoms with Crippen LogP contribution >= 0.6 is 15.9 Å². The van der Waals surface area contributed by atoms with Crippen molar-refractivity contribution in [2.45, 2.75) is 13.5 Å². The first-order valence-corrected chi connectivity index (χ1v) is 9.32. The summed E-state index contributed by atoms with van der Waals surface area (Å²) in [4.78, 5) is 21.2. The van der Waals surface area contributed by atoms with E-state index in [-0.39, 0.29) is 17.7 Å². The summed E-state index contributed by atoms with van der Waals surface area (Å²) in [5.41, 5.74) is 0.321. The Balaban J connectivity index is 1.97. The number of fused-ring (bicyclic) bond motifs is 3. The molecule has 4 rings (SSSR count). The Morgan fingerprint density at radius 2 is 1.89 bits per heavy atom. The molecule has 4 aromatic rings. The molecule has 0 spiro atoms. The van der Waals surface area contributed by atoms with Crippen LogP contribution in [0.15, 0.2) is 51.9 Å². The monoisotopic (exact) mass is 445 g/mol. The normalized spacial score (nSPS) is 11.3. The molecule has 0 bridgehead atoms. The van der Waals surface area contributed by atoms with E-state index in [4.69, 9.17) is 4.74 Å². The van der Waals surface area contributed by atoms with Gasteiger partial charge in [-0.15, -0.1) is 0 Å². The molecule has 3 heterocycles. The Labute approximate surface area is 166 Å². The van der Waals surface area contributed by atoms with Crippen LogP contribution in [-0.2, 0) is 6.54 Å². The Hall–Kier alpha value is -2.87. The van der Waals surface area contributed by atoms with Crippen LogP contribution < -0.4 is 10.3 Å². The standard InChI is InChI=1S/C20H14BrF2N3O2/c1-2-28-17-5-4-13-19-11(9-24-20(13)25-17)3-6-18(27)26(19)10-14-15(22)7-12(21)8-16(14)23/h3-9H,2,10H2,1H3. The summed E-state index contributed by atoms with van der Waals surface area (Å²) < 4.78 is 35.7. The lowest BCUT2D eigenvalue weighted by Gasteiger charge is -2.14. The fraction of sp³-hybridized carbons (Fsp3) is 0.150. The molecule has 5 nitrogen and oxygen atoms in total. The lowest BCUT2D eigenvalue weighted by Crippen LogP contribution is -2.21. The number of benzene rings is 1. The van der Waals surface area contributed by atoms with E-state index in [1.54, 1.807) is 24.4 Å².